The first-order valence-electron chi connectivity index (χ1n) is 12.8. The highest BCUT2D eigenvalue weighted by atomic mass is 35.5. The van der Waals surface area contributed by atoms with Crippen LogP contribution in [0.25, 0.3) is 11.3 Å². The van der Waals surface area contributed by atoms with E-state index in [4.69, 9.17) is 23.2 Å². The SMILES string of the molecule is CCCNC(=O)N(CC(=O)N1CCN(c2ccc(-c3ccc(Cl)cc3Cl)nn2)CC1)[C@@H](C)c1ccccc1. The van der Waals surface area contributed by atoms with Crippen LogP contribution in [-0.4, -0.2) is 71.2 Å². The van der Waals surface area contributed by atoms with Crippen LogP contribution in [0.1, 0.15) is 31.9 Å². The lowest BCUT2D eigenvalue weighted by atomic mass is 10.1. The number of carbonyl (C=O) groups excluding carboxylic acids is 2. The lowest BCUT2D eigenvalue weighted by Gasteiger charge is -2.37. The number of hydrogen-bond donors (Lipinski definition) is 1. The zero-order valence-electron chi connectivity index (χ0n) is 21.6. The first kappa shape index (κ1) is 27.7. The Bertz CT molecular complexity index is 1230. The second-order valence-corrected chi connectivity index (χ2v) is 10.1. The molecule has 3 aromatic rings. The number of aromatic nitrogens is 2. The third kappa shape index (κ3) is 6.74. The number of anilines is 1. The van der Waals surface area contributed by atoms with Gasteiger partial charge in [-0.3, -0.25) is 4.79 Å². The number of nitrogens with one attached hydrogen (secondary N) is 1. The maximum Gasteiger partial charge on any atom is 0.318 e. The summed E-state index contributed by atoms with van der Waals surface area (Å²) in [5.74, 6) is 0.669. The first-order valence-corrected chi connectivity index (χ1v) is 13.5. The van der Waals surface area contributed by atoms with E-state index in [9.17, 15) is 9.59 Å². The molecule has 0 saturated carbocycles. The number of rotatable bonds is 8. The molecule has 1 N–H and O–H groups in total. The van der Waals surface area contributed by atoms with E-state index in [0.717, 1.165) is 23.4 Å². The second-order valence-electron chi connectivity index (χ2n) is 9.22. The molecule has 0 radical (unpaired) electrons. The van der Waals surface area contributed by atoms with Crippen LogP contribution in [0, 0.1) is 0 Å². The van der Waals surface area contributed by atoms with Crippen molar-refractivity contribution in [2.45, 2.75) is 26.3 Å². The van der Waals surface area contributed by atoms with Gasteiger partial charge in [-0.15, -0.1) is 10.2 Å². The number of nitrogens with zero attached hydrogens (tertiary/aromatic N) is 5. The molecule has 1 fully saturated rings. The van der Waals surface area contributed by atoms with Crippen LogP contribution in [-0.2, 0) is 4.79 Å². The minimum Gasteiger partial charge on any atom is -0.352 e. The highest BCUT2D eigenvalue weighted by Gasteiger charge is 2.28. The smallest absolute Gasteiger partial charge is 0.318 e. The highest BCUT2D eigenvalue weighted by molar-refractivity contribution is 6.36. The molecule has 3 amide bonds. The van der Waals surface area contributed by atoms with E-state index in [2.05, 4.69) is 20.4 Å². The van der Waals surface area contributed by atoms with Gasteiger partial charge < -0.3 is 20.0 Å². The minimum atomic E-state index is -0.235. The maximum atomic E-state index is 13.3. The van der Waals surface area contributed by atoms with E-state index in [-0.39, 0.29) is 24.5 Å². The maximum absolute atomic E-state index is 13.3. The summed E-state index contributed by atoms with van der Waals surface area (Å²) in [4.78, 5) is 31.7. The summed E-state index contributed by atoms with van der Waals surface area (Å²) < 4.78 is 0. The number of halogens is 2. The molecule has 2 aromatic carbocycles. The molecule has 4 rings (SSSR count). The molecule has 2 heterocycles. The van der Waals surface area contributed by atoms with Crippen molar-refractivity contribution < 1.29 is 9.59 Å². The summed E-state index contributed by atoms with van der Waals surface area (Å²) in [6, 6.07) is 18.4. The van der Waals surface area contributed by atoms with Gasteiger partial charge in [0.25, 0.3) is 0 Å². The van der Waals surface area contributed by atoms with Gasteiger partial charge >= 0.3 is 6.03 Å². The van der Waals surface area contributed by atoms with Gasteiger partial charge in [-0.2, -0.15) is 0 Å². The Balaban J connectivity index is 1.37. The molecule has 10 heteroatoms. The number of benzene rings is 2. The van der Waals surface area contributed by atoms with E-state index in [1.54, 1.807) is 17.0 Å². The van der Waals surface area contributed by atoms with Gasteiger partial charge in [0.15, 0.2) is 5.82 Å². The first-order chi connectivity index (χ1) is 18.4. The van der Waals surface area contributed by atoms with Crippen LogP contribution < -0.4 is 10.2 Å². The second kappa shape index (κ2) is 12.9. The summed E-state index contributed by atoms with van der Waals surface area (Å²) >= 11 is 12.3. The molecular weight excluding hydrogens is 523 g/mol. The molecule has 8 nitrogen and oxygen atoms in total. The van der Waals surface area contributed by atoms with Crippen LogP contribution >= 0.6 is 23.2 Å². The number of piperazine rings is 1. The summed E-state index contributed by atoms with van der Waals surface area (Å²) in [5.41, 5.74) is 2.42. The predicted molar refractivity (Wildman–Crippen MR) is 152 cm³/mol. The van der Waals surface area contributed by atoms with E-state index in [1.807, 2.05) is 67.3 Å². The molecule has 1 saturated heterocycles. The fourth-order valence-corrected chi connectivity index (χ4v) is 4.90. The van der Waals surface area contributed by atoms with Crippen molar-refractivity contribution in [2.75, 3.05) is 44.2 Å². The monoisotopic (exact) mass is 554 g/mol. The summed E-state index contributed by atoms with van der Waals surface area (Å²) in [6.45, 7) is 6.85. The zero-order valence-corrected chi connectivity index (χ0v) is 23.1. The Morgan fingerprint density at radius 2 is 1.74 bits per heavy atom. The average molecular weight is 556 g/mol. The van der Waals surface area contributed by atoms with Crippen LogP contribution in [0.4, 0.5) is 10.6 Å². The van der Waals surface area contributed by atoms with Gasteiger partial charge in [0.05, 0.1) is 16.8 Å². The van der Waals surface area contributed by atoms with Crippen LogP contribution in [0.5, 0.6) is 0 Å². The lowest BCUT2D eigenvalue weighted by Crippen LogP contribution is -2.53. The van der Waals surface area contributed by atoms with Gasteiger partial charge in [-0.05, 0) is 49.2 Å². The molecule has 1 aliphatic rings. The Kier molecular flexibility index (Phi) is 9.42. The summed E-state index contributed by atoms with van der Waals surface area (Å²) in [7, 11) is 0. The number of carbonyl (C=O) groups is 2. The molecule has 200 valence electrons. The Morgan fingerprint density at radius 3 is 2.37 bits per heavy atom. The van der Waals surface area contributed by atoms with Crippen molar-refractivity contribution >= 4 is 41.0 Å². The Labute approximate surface area is 233 Å². The topological polar surface area (TPSA) is 81.7 Å². The van der Waals surface area contributed by atoms with Crippen LogP contribution in [0.15, 0.2) is 60.7 Å². The number of amides is 3. The van der Waals surface area contributed by atoms with Crippen LogP contribution in [0.3, 0.4) is 0 Å². The molecule has 0 aliphatic carbocycles. The quantitative estimate of drug-likeness (QED) is 0.409. The zero-order chi connectivity index (χ0) is 27.1. The van der Waals surface area contributed by atoms with Crippen molar-refractivity contribution in [3.8, 4) is 11.3 Å². The van der Waals surface area contributed by atoms with Crippen molar-refractivity contribution in [2.24, 2.45) is 0 Å². The highest BCUT2D eigenvalue weighted by Crippen LogP contribution is 2.29. The molecule has 1 atom stereocenters. The van der Waals surface area contributed by atoms with Gasteiger partial charge in [0.1, 0.15) is 6.54 Å². The summed E-state index contributed by atoms with van der Waals surface area (Å²) in [5, 5.41) is 12.7. The van der Waals surface area contributed by atoms with Gasteiger partial charge in [0, 0.05) is 43.3 Å². The van der Waals surface area contributed by atoms with Crippen LogP contribution in [0.2, 0.25) is 10.0 Å². The predicted octanol–water partition coefficient (Wildman–Crippen LogP) is 5.28. The van der Waals surface area contributed by atoms with E-state index < -0.39 is 0 Å². The molecule has 0 unspecified atom stereocenters. The van der Waals surface area contributed by atoms with Gasteiger partial charge in [-0.1, -0.05) is 60.5 Å². The average Bonchev–Trinajstić information content (AvgIpc) is 2.95. The Hall–Kier alpha value is -3.36. The van der Waals surface area contributed by atoms with E-state index in [0.29, 0.717) is 48.5 Å². The fourth-order valence-electron chi connectivity index (χ4n) is 4.40. The third-order valence-electron chi connectivity index (χ3n) is 6.66. The standard InChI is InChI=1S/C28H32Cl2N6O2/c1-3-13-31-28(38)36(20(2)21-7-5-4-6-8-21)19-27(37)35-16-14-34(15-17-35)26-12-11-25(32-33-26)23-10-9-22(29)18-24(23)30/h4-12,18,20H,3,13-17,19H2,1-2H3,(H,31,38)/t20-/m0/s1. The molecule has 0 bridgehead atoms. The fraction of sp³-hybridized carbons (Fsp3) is 0.357. The molecule has 1 aliphatic heterocycles. The third-order valence-corrected chi connectivity index (χ3v) is 7.20. The van der Waals surface area contributed by atoms with E-state index >= 15 is 0 Å². The number of hydrogen-bond acceptors (Lipinski definition) is 5. The lowest BCUT2D eigenvalue weighted by molar-refractivity contribution is -0.132. The summed E-state index contributed by atoms with van der Waals surface area (Å²) in [6.07, 6.45) is 0.825. The van der Waals surface area contributed by atoms with Gasteiger partial charge in [0.2, 0.25) is 5.91 Å². The van der Waals surface area contributed by atoms with Crippen molar-refractivity contribution in [1.82, 2.24) is 25.3 Å². The number of urea groups is 1. The van der Waals surface area contributed by atoms with Crippen molar-refractivity contribution in [3.05, 3.63) is 76.3 Å². The molecular formula is C28H32Cl2N6O2. The van der Waals surface area contributed by atoms with Crippen molar-refractivity contribution in [1.29, 1.82) is 0 Å². The normalized spacial score (nSPS) is 14.2. The van der Waals surface area contributed by atoms with Gasteiger partial charge in [-0.25, -0.2) is 4.79 Å². The molecule has 38 heavy (non-hydrogen) atoms. The molecule has 1 aromatic heterocycles. The Morgan fingerprint density at radius 1 is 1.00 bits per heavy atom. The van der Waals surface area contributed by atoms with E-state index in [1.165, 1.54) is 0 Å². The largest absolute Gasteiger partial charge is 0.352 e. The van der Waals surface area contributed by atoms with Crippen molar-refractivity contribution in [3.63, 3.8) is 0 Å². The molecule has 0 spiro atoms. The minimum absolute atomic E-state index is 0.0158.